The minimum absolute atomic E-state index is 0.0170. The highest BCUT2D eigenvalue weighted by molar-refractivity contribution is 5.81. The van der Waals surface area contributed by atoms with Gasteiger partial charge in [0, 0.05) is 6.42 Å². The second-order valence-electron chi connectivity index (χ2n) is 5.20. The second kappa shape index (κ2) is 6.00. The van der Waals surface area contributed by atoms with Crippen LogP contribution in [0.1, 0.15) is 11.6 Å². The van der Waals surface area contributed by atoms with Crippen molar-refractivity contribution < 1.29 is 9.18 Å². The molecule has 23 heavy (non-hydrogen) atoms. The minimum Gasteiger partial charge on any atom is -0.368 e. The van der Waals surface area contributed by atoms with Crippen molar-refractivity contribution in [1.29, 1.82) is 0 Å². The van der Waals surface area contributed by atoms with Gasteiger partial charge < -0.3 is 5.73 Å². The van der Waals surface area contributed by atoms with Crippen LogP contribution in [0.25, 0.3) is 10.9 Å². The highest BCUT2D eigenvalue weighted by atomic mass is 19.1. The number of hydrogen-bond acceptors (Lipinski definition) is 3. The number of carbonyl (C=O) groups excluding carboxylic acids is 1. The van der Waals surface area contributed by atoms with Gasteiger partial charge in [0.15, 0.2) is 0 Å². The molecule has 1 aromatic heterocycles. The second-order valence-corrected chi connectivity index (χ2v) is 5.20. The summed E-state index contributed by atoms with van der Waals surface area (Å²) in [5, 5.41) is 0.117. The van der Waals surface area contributed by atoms with Crippen LogP contribution < -0.4 is 11.3 Å². The summed E-state index contributed by atoms with van der Waals surface area (Å²) in [5.74, 6) is -1.22. The lowest BCUT2D eigenvalue weighted by Crippen LogP contribution is -2.35. The SMILES string of the molecule is NC(=O)C(Cc1ccccc1)n1cnc2c(F)cccc2c1=O. The van der Waals surface area contributed by atoms with E-state index in [4.69, 9.17) is 5.73 Å². The number of para-hydroxylation sites is 1. The van der Waals surface area contributed by atoms with Crippen LogP contribution in [0.3, 0.4) is 0 Å². The first-order valence-electron chi connectivity index (χ1n) is 7.06. The van der Waals surface area contributed by atoms with Crippen molar-refractivity contribution in [1.82, 2.24) is 9.55 Å². The molecule has 1 unspecified atom stereocenters. The topological polar surface area (TPSA) is 78.0 Å². The number of benzene rings is 2. The quantitative estimate of drug-likeness (QED) is 0.798. The van der Waals surface area contributed by atoms with Crippen LogP contribution in [0.4, 0.5) is 4.39 Å². The molecule has 6 heteroatoms. The number of nitrogens with zero attached hydrogens (tertiary/aromatic N) is 2. The molecule has 3 rings (SSSR count). The van der Waals surface area contributed by atoms with E-state index < -0.39 is 23.3 Å². The molecule has 5 nitrogen and oxygen atoms in total. The summed E-state index contributed by atoms with van der Waals surface area (Å²) < 4.78 is 14.9. The van der Waals surface area contributed by atoms with Crippen LogP contribution in [0.5, 0.6) is 0 Å². The third-order valence-electron chi connectivity index (χ3n) is 3.70. The van der Waals surface area contributed by atoms with Crippen LogP contribution in [0, 0.1) is 5.82 Å². The molecule has 0 bridgehead atoms. The van der Waals surface area contributed by atoms with Crippen LogP contribution in [0.15, 0.2) is 59.7 Å². The molecule has 2 aromatic carbocycles. The van der Waals surface area contributed by atoms with E-state index in [1.807, 2.05) is 30.3 Å². The molecule has 0 aliphatic rings. The Bertz CT molecular complexity index is 922. The number of halogens is 1. The lowest BCUT2D eigenvalue weighted by molar-refractivity contribution is -0.121. The lowest BCUT2D eigenvalue weighted by atomic mass is 10.1. The molecule has 3 aromatic rings. The van der Waals surface area contributed by atoms with Gasteiger partial charge in [0.25, 0.3) is 5.56 Å². The van der Waals surface area contributed by atoms with E-state index in [1.54, 1.807) is 0 Å². The van der Waals surface area contributed by atoms with Crippen molar-refractivity contribution in [2.24, 2.45) is 5.73 Å². The molecule has 0 radical (unpaired) electrons. The maximum Gasteiger partial charge on any atom is 0.262 e. The molecule has 0 saturated heterocycles. The highest BCUT2D eigenvalue weighted by Gasteiger charge is 2.21. The van der Waals surface area contributed by atoms with Gasteiger partial charge in [-0.25, -0.2) is 9.37 Å². The lowest BCUT2D eigenvalue weighted by Gasteiger charge is -2.17. The van der Waals surface area contributed by atoms with E-state index in [-0.39, 0.29) is 17.3 Å². The van der Waals surface area contributed by atoms with Gasteiger partial charge in [0.1, 0.15) is 17.4 Å². The van der Waals surface area contributed by atoms with E-state index in [1.165, 1.54) is 24.5 Å². The van der Waals surface area contributed by atoms with Gasteiger partial charge in [0.05, 0.1) is 11.7 Å². The number of fused-ring (bicyclic) bond motifs is 1. The molecule has 2 N–H and O–H groups in total. The summed E-state index contributed by atoms with van der Waals surface area (Å²) in [6.45, 7) is 0. The van der Waals surface area contributed by atoms with Gasteiger partial charge in [0.2, 0.25) is 5.91 Å². The van der Waals surface area contributed by atoms with Crippen LogP contribution >= 0.6 is 0 Å². The molecular weight excluding hydrogens is 297 g/mol. The Morgan fingerprint density at radius 3 is 2.61 bits per heavy atom. The Kier molecular flexibility index (Phi) is 3.89. The van der Waals surface area contributed by atoms with Gasteiger partial charge >= 0.3 is 0 Å². The van der Waals surface area contributed by atoms with Crippen molar-refractivity contribution in [2.45, 2.75) is 12.5 Å². The van der Waals surface area contributed by atoms with E-state index >= 15 is 0 Å². The summed E-state index contributed by atoms with van der Waals surface area (Å²) in [6.07, 6.45) is 1.44. The predicted octanol–water partition coefficient (Wildman–Crippen LogP) is 1.80. The molecule has 0 aliphatic heterocycles. The Labute approximate surface area is 131 Å². The molecule has 0 saturated carbocycles. The maximum absolute atomic E-state index is 13.7. The zero-order valence-corrected chi connectivity index (χ0v) is 12.1. The molecule has 1 amide bonds. The zero-order chi connectivity index (χ0) is 16.4. The monoisotopic (exact) mass is 311 g/mol. The maximum atomic E-state index is 13.7. The first-order chi connectivity index (χ1) is 11.1. The molecular formula is C17H14FN3O2. The van der Waals surface area contributed by atoms with Crippen molar-refractivity contribution in [3.8, 4) is 0 Å². The molecule has 116 valence electrons. The Morgan fingerprint density at radius 1 is 1.17 bits per heavy atom. The van der Waals surface area contributed by atoms with Crippen molar-refractivity contribution in [3.63, 3.8) is 0 Å². The predicted molar refractivity (Wildman–Crippen MR) is 84.3 cm³/mol. The summed E-state index contributed by atoms with van der Waals surface area (Å²) in [7, 11) is 0. The van der Waals surface area contributed by atoms with Crippen LogP contribution in [-0.4, -0.2) is 15.5 Å². The first kappa shape index (κ1) is 14.9. The van der Waals surface area contributed by atoms with Crippen LogP contribution in [-0.2, 0) is 11.2 Å². The van der Waals surface area contributed by atoms with Gasteiger partial charge in [-0.15, -0.1) is 0 Å². The van der Waals surface area contributed by atoms with E-state index in [9.17, 15) is 14.0 Å². The van der Waals surface area contributed by atoms with Crippen molar-refractivity contribution >= 4 is 16.8 Å². The normalized spacial score (nSPS) is 12.2. The van der Waals surface area contributed by atoms with E-state index in [0.29, 0.717) is 0 Å². The summed E-state index contributed by atoms with van der Waals surface area (Å²) >= 11 is 0. The Morgan fingerprint density at radius 2 is 1.91 bits per heavy atom. The molecule has 1 atom stereocenters. The fraction of sp³-hybridized carbons (Fsp3) is 0.118. The number of amides is 1. The zero-order valence-electron chi connectivity index (χ0n) is 12.1. The molecule has 0 fully saturated rings. The number of aromatic nitrogens is 2. The Hall–Kier alpha value is -3.02. The summed E-state index contributed by atoms with van der Waals surface area (Å²) in [5.41, 5.74) is 5.81. The summed E-state index contributed by atoms with van der Waals surface area (Å²) in [4.78, 5) is 28.4. The number of primary amides is 1. The van der Waals surface area contributed by atoms with Crippen molar-refractivity contribution in [3.05, 3.63) is 76.6 Å². The first-order valence-corrected chi connectivity index (χ1v) is 7.06. The largest absolute Gasteiger partial charge is 0.368 e. The fourth-order valence-electron chi connectivity index (χ4n) is 2.53. The summed E-state index contributed by atoms with van der Waals surface area (Å²) in [6, 6.07) is 12.5. The molecule has 0 spiro atoms. The van der Waals surface area contributed by atoms with E-state index in [2.05, 4.69) is 4.98 Å². The van der Waals surface area contributed by atoms with Crippen LogP contribution in [0.2, 0.25) is 0 Å². The average molecular weight is 311 g/mol. The third-order valence-corrected chi connectivity index (χ3v) is 3.70. The fourth-order valence-corrected chi connectivity index (χ4v) is 2.53. The molecule has 1 heterocycles. The minimum atomic E-state index is -0.884. The Balaban J connectivity index is 2.10. The van der Waals surface area contributed by atoms with E-state index in [0.717, 1.165) is 10.1 Å². The third kappa shape index (κ3) is 2.83. The van der Waals surface area contributed by atoms with Gasteiger partial charge in [-0.05, 0) is 17.7 Å². The standard InChI is InChI=1S/C17H14FN3O2/c18-13-8-4-7-12-15(13)20-10-21(17(12)23)14(16(19)22)9-11-5-2-1-3-6-11/h1-8,10,14H,9H2,(H2,19,22). The molecule has 0 aliphatic carbocycles. The number of rotatable bonds is 4. The highest BCUT2D eigenvalue weighted by Crippen LogP contribution is 2.15. The van der Waals surface area contributed by atoms with Gasteiger partial charge in [-0.1, -0.05) is 36.4 Å². The number of nitrogens with two attached hydrogens (primary N) is 1. The number of carbonyl (C=O) groups is 1. The number of hydrogen-bond donors (Lipinski definition) is 1. The van der Waals surface area contributed by atoms with Crippen molar-refractivity contribution in [2.75, 3.05) is 0 Å². The smallest absolute Gasteiger partial charge is 0.262 e. The average Bonchev–Trinajstić information content (AvgIpc) is 2.55. The van der Waals surface area contributed by atoms with Gasteiger partial charge in [-0.3, -0.25) is 14.2 Å². The van der Waals surface area contributed by atoms with Gasteiger partial charge in [-0.2, -0.15) is 0 Å².